The van der Waals surface area contributed by atoms with Gasteiger partial charge in [0.25, 0.3) is 23.2 Å². The van der Waals surface area contributed by atoms with Crippen LogP contribution in [0.1, 0.15) is 20.9 Å². The zero-order chi connectivity index (χ0) is 23.5. The van der Waals surface area contributed by atoms with Crippen molar-refractivity contribution in [3.63, 3.8) is 0 Å². The molecule has 11 heteroatoms. The molecule has 0 fully saturated rings. The molecule has 1 aromatic heterocycles. The van der Waals surface area contributed by atoms with Gasteiger partial charge in [0.15, 0.2) is 0 Å². The second kappa shape index (κ2) is 8.59. The Morgan fingerprint density at radius 2 is 1.30 bits per heavy atom. The van der Waals surface area contributed by atoms with Crippen LogP contribution in [0.2, 0.25) is 0 Å². The summed E-state index contributed by atoms with van der Waals surface area (Å²) >= 11 is 0. The molecule has 164 valence electrons. The number of nitrogens with zero attached hydrogens (tertiary/aromatic N) is 2. The summed E-state index contributed by atoms with van der Waals surface area (Å²) in [6, 6.07) is 16.9. The van der Waals surface area contributed by atoms with E-state index in [2.05, 4.69) is 10.6 Å². The van der Waals surface area contributed by atoms with Crippen molar-refractivity contribution in [3.05, 3.63) is 104 Å². The molecule has 4 rings (SSSR count). The SMILES string of the molecule is O=C(Nc1c(C(=O)Nc2ccc([N+](=O)[O-])cc2)oc2ccccc12)c1ccc([N+](=O)[O-])cc1. The maximum Gasteiger partial charge on any atom is 0.293 e. The number of furan rings is 1. The Morgan fingerprint density at radius 3 is 1.91 bits per heavy atom. The Balaban J connectivity index is 1.63. The highest BCUT2D eigenvalue weighted by molar-refractivity contribution is 6.16. The molecule has 3 aromatic carbocycles. The van der Waals surface area contributed by atoms with E-state index in [0.29, 0.717) is 16.7 Å². The number of rotatable bonds is 6. The Bertz CT molecular complexity index is 1390. The van der Waals surface area contributed by atoms with Crippen LogP contribution in [0.25, 0.3) is 11.0 Å². The average molecular weight is 446 g/mol. The molecule has 0 unspecified atom stereocenters. The average Bonchev–Trinajstić information content (AvgIpc) is 3.18. The van der Waals surface area contributed by atoms with Crippen molar-refractivity contribution in [2.24, 2.45) is 0 Å². The lowest BCUT2D eigenvalue weighted by molar-refractivity contribution is -0.385. The topological polar surface area (TPSA) is 158 Å². The number of amides is 2. The van der Waals surface area contributed by atoms with Gasteiger partial charge in [-0.15, -0.1) is 0 Å². The van der Waals surface area contributed by atoms with Gasteiger partial charge in [0, 0.05) is 40.9 Å². The van der Waals surface area contributed by atoms with Crippen LogP contribution in [0.15, 0.2) is 77.2 Å². The zero-order valence-corrected chi connectivity index (χ0v) is 16.7. The van der Waals surface area contributed by atoms with Gasteiger partial charge in [-0.05, 0) is 36.4 Å². The summed E-state index contributed by atoms with van der Waals surface area (Å²) in [6.07, 6.45) is 0. The number of non-ortho nitro benzene ring substituents is 2. The van der Waals surface area contributed by atoms with Crippen molar-refractivity contribution in [2.75, 3.05) is 10.6 Å². The molecule has 33 heavy (non-hydrogen) atoms. The first-order chi connectivity index (χ1) is 15.8. The molecular weight excluding hydrogens is 432 g/mol. The summed E-state index contributed by atoms with van der Waals surface area (Å²) in [5.41, 5.74) is 0.612. The number of nitro groups is 2. The number of hydrogen-bond acceptors (Lipinski definition) is 7. The van der Waals surface area contributed by atoms with Crippen molar-refractivity contribution >= 4 is 45.5 Å². The Hall–Kier alpha value is -5.06. The van der Waals surface area contributed by atoms with Crippen LogP contribution in [0.4, 0.5) is 22.7 Å². The summed E-state index contributed by atoms with van der Waals surface area (Å²) in [5.74, 6) is -1.45. The summed E-state index contributed by atoms with van der Waals surface area (Å²) in [4.78, 5) is 46.1. The van der Waals surface area contributed by atoms with Crippen molar-refractivity contribution in [1.29, 1.82) is 0 Å². The van der Waals surface area contributed by atoms with Crippen molar-refractivity contribution in [2.45, 2.75) is 0 Å². The third-order valence-corrected chi connectivity index (χ3v) is 4.72. The molecule has 4 aromatic rings. The first-order valence-corrected chi connectivity index (χ1v) is 9.46. The number of carbonyl (C=O) groups excluding carboxylic acids is 2. The highest BCUT2D eigenvalue weighted by atomic mass is 16.6. The van der Waals surface area contributed by atoms with Crippen LogP contribution in [0.3, 0.4) is 0 Å². The zero-order valence-electron chi connectivity index (χ0n) is 16.7. The number of carbonyl (C=O) groups is 2. The van der Waals surface area contributed by atoms with E-state index >= 15 is 0 Å². The van der Waals surface area contributed by atoms with Gasteiger partial charge >= 0.3 is 0 Å². The lowest BCUT2D eigenvalue weighted by atomic mass is 10.1. The van der Waals surface area contributed by atoms with Crippen molar-refractivity contribution < 1.29 is 23.9 Å². The van der Waals surface area contributed by atoms with Gasteiger partial charge in [0.05, 0.1) is 9.85 Å². The smallest absolute Gasteiger partial charge is 0.293 e. The van der Waals surface area contributed by atoms with Gasteiger partial charge in [0.2, 0.25) is 5.76 Å². The number of fused-ring (bicyclic) bond motifs is 1. The predicted octanol–water partition coefficient (Wildman–Crippen LogP) is 4.75. The minimum atomic E-state index is -0.681. The number of para-hydroxylation sites is 1. The maximum atomic E-state index is 12.9. The van der Waals surface area contributed by atoms with Crippen LogP contribution in [0.5, 0.6) is 0 Å². The monoisotopic (exact) mass is 446 g/mol. The Labute approximate surface area is 184 Å². The number of nitrogens with one attached hydrogen (secondary N) is 2. The van der Waals surface area contributed by atoms with Crippen LogP contribution in [-0.2, 0) is 0 Å². The lowest BCUT2D eigenvalue weighted by Gasteiger charge is -2.07. The largest absolute Gasteiger partial charge is 0.449 e. The molecule has 0 bridgehead atoms. The van der Waals surface area contributed by atoms with Gasteiger partial charge in [-0.25, -0.2) is 0 Å². The van der Waals surface area contributed by atoms with Gasteiger partial charge < -0.3 is 15.1 Å². The molecule has 1 heterocycles. The fraction of sp³-hybridized carbons (Fsp3) is 0. The second-order valence-electron chi connectivity index (χ2n) is 6.82. The molecule has 0 aliphatic rings. The van der Waals surface area contributed by atoms with E-state index in [4.69, 9.17) is 4.42 Å². The van der Waals surface area contributed by atoms with E-state index in [-0.39, 0.29) is 28.4 Å². The van der Waals surface area contributed by atoms with Crippen LogP contribution in [0, 0.1) is 20.2 Å². The normalized spacial score (nSPS) is 10.5. The molecule has 2 amide bonds. The van der Waals surface area contributed by atoms with E-state index in [1.807, 2.05) is 0 Å². The highest BCUT2D eigenvalue weighted by Gasteiger charge is 2.23. The molecule has 0 atom stereocenters. The van der Waals surface area contributed by atoms with E-state index in [0.717, 1.165) is 0 Å². The fourth-order valence-corrected chi connectivity index (χ4v) is 3.10. The first-order valence-electron chi connectivity index (χ1n) is 9.46. The Morgan fingerprint density at radius 1 is 0.727 bits per heavy atom. The van der Waals surface area contributed by atoms with E-state index < -0.39 is 21.7 Å². The lowest BCUT2D eigenvalue weighted by Crippen LogP contribution is -2.17. The number of benzene rings is 3. The number of anilines is 2. The molecule has 0 aliphatic heterocycles. The molecule has 0 aliphatic carbocycles. The third-order valence-electron chi connectivity index (χ3n) is 4.72. The summed E-state index contributed by atoms with van der Waals surface area (Å²) in [6.45, 7) is 0. The summed E-state index contributed by atoms with van der Waals surface area (Å²) < 4.78 is 5.66. The fourth-order valence-electron chi connectivity index (χ4n) is 3.10. The minimum Gasteiger partial charge on any atom is -0.449 e. The van der Waals surface area contributed by atoms with Crippen molar-refractivity contribution in [3.8, 4) is 0 Å². The van der Waals surface area contributed by atoms with E-state index in [1.165, 1.54) is 48.5 Å². The number of nitro benzene ring substituents is 2. The van der Waals surface area contributed by atoms with Crippen LogP contribution in [-0.4, -0.2) is 21.7 Å². The molecule has 2 N–H and O–H groups in total. The van der Waals surface area contributed by atoms with Gasteiger partial charge in [-0.2, -0.15) is 0 Å². The number of hydrogen-bond donors (Lipinski definition) is 2. The predicted molar refractivity (Wildman–Crippen MR) is 118 cm³/mol. The quantitative estimate of drug-likeness (QED) is 0.319. The van der Waals surface area contributed by atoms with E-state index in [1.54, 1.807) is 24.3 Å². The molecular formula is C22H14N4O7. The first kappa shape index (κ1) is 21.2. The molecule has 0 saturated heterocycles. The molecule has 0 radical (unpaired) electrons. The van der Waals surface area contributed by atoms with Crippen molar-refractivity contribution in [1.82, 2.24) is 0 Å². The standard InChI is InChI=1S/C22H14N4O7/c27-21(13-5-9-15(10-6-13)25(29)30)24-19-17-3-1-2-4-18(17)33-20(19)22(28)23-14-7-11-16(12-8-14)26(31)32/h1-12H,(H,23,28)(H,24,27). The maximum absolute atomic E-state index is 12.9. The molecule has 11 nitrogen and oxygen atoms in total. The van der Waals surface area contributed by atoms with E-state index in [9.17, 15) is 29.8 Å². The third kappa shape index (κ3) is 4.37. The van der Waals surface area contributed by atoms with Gasteiger partial charge in [0.1, 0.15) is 11.3 Å². The van der Waals surface area contributed by atoms with Gasteiger partial charge in [-0.3, -0.25) is 29.8 Å². The molecule has 0 saturated carbocycles. The molecule has 0 spiro atoms. The minimum absolute atomic E-state index is 0.119. The summed E-state index contributed by atoms with van der Waals surface area (Å²) in [7, 11) is 0. The van der Waals surface area contributed by atoms with Crippen LogP contribution >= 0.6 is 0 Å². The Kier molecular flexibility index (Phi) is 5.51. The van der Waals surface area contributed by atoms with Gasteiger partial charge in [-0.1, -0.05) is 12.1 Å². The second-order valence-corrected chi connectivity index (χ2v) is 6.82. The highest BCUT2D eigenvalue weighted by Crippen LogP contribution is 2.32. The summed E-state index contributed by atoms with van der Waals surface area (Å²) in [5, 5.41) is 27.3. The van der Waals surface area contributed by atoms with Crippen LogP contribution < -0.4 is 10.6 Å².